The topological polar surface area (TPSA) is 29.9 Å². The number of fused-ring (bicyclic) bond motifs is 1. The van der Waals surface area contributed by atoms with Gasteiger partial charge in [0.1, 0.15) is 0 Å². The van der Waals surface area contributed by atoms with E-state index in [9.17, 15) is 0 Å². The number of nitrogens with zero attached hydrogens (tertiary/aromatic N) is 2. The zero-order valence-electron chi connectivity index (χ0n) is 14.1. The van der Waals surface area contributed by atoms with E-state index in [-0.39, 0.29) is 5.41 Å². The number of nitrogens with one attached hydrogen (secondary N) is 1. The Hall–Kier alpha value is -1.35. The van der Waals surface area contributed by atoms with Crippen LogP contribution in [0.15, 0.2) is 24.3 Å². The molecule has 0 amide bonds. The number of benzene rings is 1. The first kappa shape index (κ1) is 16.0. The Morgan fingerprint density at radius 1 is 1.24 bits per heavy atom. The first-order valence-corrected chi connectivity index (χ1v) is 8.13. The van der Waals surface area contributed by atoms with Crippen LogP contribution in [0.5, 0.6) is 0 Å². The summed E-state index contributed by atoms with van der Waals surface area (Å²) in [6.07, 6.45) is 3.32. The second kappa shape index (κ2) is 6.61. The highest BCUT2D eigenvalue weighted by molar-refractivity contribution is 5.81. The van der Waals surface area contributed by atoms with Crippen LogP contribution in [0.25, 0.3) is 10.9 Å². The molecule has 0 bridgehead atoms. The first-order chi connectivity index (χ1) is 9.99. The molecular weight excluding hydrogens is 258 g/mol. The number of rotatable bonds is 7. The summed E-state index contributed by atoms with van der Waals surface area (Å²) in [5.41, 5.74) is 2.70. The van der Waals surface area contributed by atoms with Crippen molar-refractivity contribution in [2.45, 2.75) is 53.0 Å². The minimum absolute atomic E-state index is 0.272. The molecule has 1 aromatic carbocycles. The van der Waals surface area contributed by atoms with Gasteiger partial charge in [-0.3, -0.25) is 4.68 Å². The maximum atomic E-state index is 4.76. The molecule has 0 aliphatic rings. The summed E-state index contributed by atoms with van der Waals surface area (Å²) in [4.78, 5) is 0. The Kier molecular flexibility index (Phi) is 5.04. The molecule has 116 valence electrons. The highest BCUT2D eigenvalue weighted by Crippen LogP contribution is 2.29. The monoisotopic (exact) mass is 287 g/mol. The first-order valence-electron chi connectivity index (χ1n) is 8.13. The fourth-order valence-corrected chi connectivity index (χ4v) is 2.82. The van der Waals surface area contributed by atoms with Gasteiger partial charge in [-0.15, -0.1) is 0 Å². The molecule has 1 heterocycles. The molecule has 2 rings (SSSR count). The van der Waals surface area contributed by atoms with Gasteiger partial charge in [-0.2, -0.15) is 5.10 Å². The second-order valence-electron chi connectivity index (χ2n) is 6.64. The van der Waals surface area contributed by atoms with Crippen LogP contribution in [0.2, 0.25) is 0 Å². The highest BCUT2D eigenvalue weighted by atomic mass is 15.3. The average Bonchev–Trinajstić information content (AvgIpc) is 2.80. The molecule has 1 unspecified atom stereocenters. The average molecular weight is 287 g/mol. The third-order valence-corrected chi connectivity index (χ3v) is 4.73. The molecule has 0 radical (unpaired) electrons. The lowest BCUT2D eigenvalue weighted by Crippen LogP contribution is -2.43. The molecule has 0 fully saturated rings. The summed E-state index contributed by atoms with van der Waals surface area (Å²) in [5.74, 6) is 0. The lowest BCUT2D eigenvalue weighted by Gasteiger charge is -2.34. The van der Waals surface area contributed by atoms with Crippen molar-refractivity contribution in [1.82, 2.24) is 15.1 Å². The van der Waals surface area contributed by atoms with Gasteiger partial charge in [0, 0.05) is 24.9 Å². The maximum Gasteiger partial charge on any atom is 0.0718 e. The van der Waals surface area contributed by atoms with E-state index in [1.807, 2.05) is 11.7 Å². The molecule has 3 heteroatoms. The predicted molar refractivity (Wildman–Crippen MR) is 90.6 cm³/mol. The number of hydrogen-bond acceptors (Lipinski definition) is 2. The van der Waals surface area contributed by atoms with Crippen molar-refractivity contribution >= 4 is 10.9 Å². The van der Waals surface area contributed by atoms with Gasteiger partial charge in [0.2, 0.25) is 0 Å². The van der Waals surface area contributed by atoms with E-state index < -0.39 is 0 Å². The van der Waals surface area contributed by atoms with Crippen LogP contribution in [0.3, 0.4) is 0 Å². The zero-order chi connectivity index (χ0) is 15.5. The fraction of sp³-hybridized carbons (Fsp3) is 0.611. The van der Waals surface area contributed by atoms with E-state index in [4.69, 9.17) is 5.10 Å². The van der Waals surface area contributed by atoms with Gasteiger partial charge in [-0.1, -0.05) is 45.9 Å². The molecule has 21 heavy (non-hydrogen) atoms. The molecule has 1 aromatic heterocycles. The Morgan fingerprint density at radius 3 is 2.62 bits per heavy atom. The van der Waals surface area contributed by atoms with Crippen LogP contribution < -0.4 is 5.32 Å². The second-order valence-corrected chi connectivity index (χ2v) is 6.64. The van der Waals surface area contributed by atoms with Crippen LogP contribution >= 0.6 is 0 Å². The van der Waals surface area contributed by atoms with E-state index in [0.717, 1.165) is 13.0 Å². The Bertz CT molecular complexity index is 583. The SMILES string of the molecule is CCCNC(Cc1nn(C)c2ccccc12)C(C)(C)CC. The van der Waals surface area contributed by atoms with Crippen molar-refractivity contribution in [3.8, 4) is 0 Å². The third kappa shape index (κ3) is 3.46. The van der Waals surface area contributed by atoms with E-state index in [0.29, 0.717) is 6.04 Å². The van der Waals surface area contributed by atoms with Gasteiger partial charge in [0.15, 0.2) is 0 Å². The van der Waals surface area contributed by atoms with Crippen LogP contribution in [0.1, 0.15) is 46.2 Å². The number of hydrogen-bond donors (Lipinski definition) is 1. The fourth-order valence-electron chi connectivity index (χ4n) is 2.82. The summed E-state index contributed by atoms with van der Waals surface area (Å²) in [5, 5.41) is 9.78. The molecular formula is C18H29N3. The highest BCUT2D eigenvalue weighted by Gasteiger charge is 2.28. The van der Waals surface area contributed by atoms with Crippen molar-refractivity contribution in [2.24, 2.45) is 12.5 Å². The molecule has 1 N–H and O–H groups in total. The van der Waals surface area contributed by atoms with E-state index in [1.165, 1.54) is 29.4 Å². The smallest absolute Gasteiger partial charge is 0.0718 e. The van der Waals surface area contributed by atoms with Crippen molar-refractivity contribution in [2.75, 3.05) is 6.54 Å². The summed E-state index contributed by atoms with van der Waals surface area (Å²) < 4.78 is 2.00. The van der Waals surface area contributed by atoms with Gasteiger partial charge in [0.05, 0.1) is 11.2 Å². The molecule has 0 spiro atoms. The van der Waals surface area contributed by atoms with E-state index in [1.54, 1.807) is 0 Å². The van der Waals surface area contributed by atoms with Crippen LogP contribution in [-0.4, -0.2) is 22.4 Å². The normalized spacial score (nSPS) is 13.8. The van der Waals surface area contributed by atoms with Gasteiger partial charge in [-0.05, 0) is 30.9 Å². The summed E-state index contributed by atoms with van der Waals surface area (Å²) >= 11 is 0. The minimum Gasteiger partial charge on any atom is -0.313 e. The van der Waals surface area contributed by atoms with Crippen molar-refractivity contribution < 1.29 is 0 Å². The Labute approximate surface area is 128 Å². The zero-order valence-corrected chi connectivity index (χ0v) is 14.1. The van der Waals surface area contributed by atoms with Crippen LogP contribution in [0.4, 0.5) is 0 Å². The molecule has 2 aromatic rings. The van der Waals surface area contributed by atoms with Crippen molar-refractivity contribution in [1.29, 1.82) is 0 Å². The minimum atomic E-state index is 0.272. The number of aryl methyl sites for hydroxylation is 1. The summed E-state index contributed by atoms with van der Waals surface area (Å²) in [6.45, 7) is 10.3. The van der Waals surface area contributed by atoms with Gasteiger partial charge >= 0.3 is 0 Å². The Balaban J connectivity index is 2.30. The molecule has 1 atom stereocenters. The van der Waals surface area contributed by atoms with Crippen LogP contribution in [-0.2, 0) is 13.5 Å². The van der Waals surface area contributed by atoms with E-state index in [2.05, 4.69) is 57.3 Å². The van der Waals surface area contributed by atoms with Crippen LogP contribution in [0, 0.1) is 5.41 Å². The molecule has 0 aliphatic carbocycles. The van der Waals surface area contributed by atoms with Gasteiger partial charge in [0.25, 0.3) is 0 Å². The number of para-hydroxylation sites is 1. The molecule has 3 nitrogen and oxygen atoms in total. The molecule has 0 saturated heterocycles. The van der Waals surface area contributed by atoms with Crippen molar-refractivity contribution in [3.05, 3.63) is 30.0 Å². The largest absolute Gasteiger partial charge is 0.313 e. The van der Waals surface area contributed by atoms with Crippen molar-refractivity contribution in [3.63, 3.8) is 0 Å². The predicted octanol–water partition coefficient (Wildman–Crippen LogP) is 3.92. The Morgan fingerprint density at radius 2 is 1.95 bits per heavy atom. The quantitative estimate of drug-likeness (QED) is 0.836. The number of aromatic nitrogens is 2. The third-order valence-electron chi connectivity index (χ3n) is 4.73. The summed E-state index contributed by atoms with van der Waals surface area (Å²) in [7, 11) is 2.03. The lowest BCUT2D eigenvalue weighted by molar-refractivity contribution is 0.229. The molecule has 0 saturated carbocycles. The summed E-state index contributed by atoms with van der Waals surface area (Å²) in [6, 6.07) is 8.98. The maximum absolute atomic E-state index is 4.76. The standard InChI is InChI=1S/C18H29N3/c1-6-12-19-17(18(3,4)7-2)13-15-14-10-8-9-11-16(14)21(5)20-15/h8-11,17,19H,6-7,12-13H2,1-5H3. The van der Waals surface area contributed by atoms with Gasteiger partial charge < -0.3 is 5.32 Å². The molecule has 0 aliphatic heterocycles. The lowest BCUT2D eigenvalue weighted by atomic mass is 9.79. The van der Waals surface area contributed by atoms with Gasteiger partial charge in [-0.25, -0.2) is 0 Å². The van der Waals surface area contributed by atoms with E-state index >= 15 is 0 Å².